The van der Waals surface area contributed by atoms with E-state index in [2.05, 4.69) is 25.2 Å². The fraction of sp³-hybridized carbons (Fsp3) is 0.263. The van der Waals surface area contributed by atoms with Crippen LogP contribution in [0.4, 0.5) is 16.2 Å². The van der Waals surface area contributed by atoms with Gasteiger partial charge in [-0.15, -0.1) is 0 Å². The second-order valence-corrected chi connectivity index (χ2v) is 7.30. The Morgan fingerprint density at radius 3 is 2.93 bits per heavy atom. The number of anilines is 1. The van der Waals surface area contributed by atoms with Gasteiger partial charge in [-0.3, -0.25) is 20.1 Å². The van der Waals surface area contributed by atoms with E-state index in [1.54, 1.807) is 12.3 Å². The lowest BCUT2D eigenvalue weighted by Gasteiger charge is -2.34. The molecule has 10 nitrogen and oxygen atoms in total. The van der Waals surface area contributed by atoms with E-state index in [1.807, 2.05) is 6.07 Å². The molecule has 4 heterocycles. The van der Waals surface area contributed by atoms with Crippen LogP contribution in [0.3, 0.4) is 0 Å². The highest BCUT2D eigenvalue weighted by Crippen LogP contribution is 2.33. The van der Waals surface area contributed by atoms with Crippen LogP contribution in [0.2, 0.25) is 5.15 Å². The number of fused-ring (bicyclic) bond motifs is 1. The van der Waals surface area contributed by atoms with Crippen molar-refractivity contribution < 1.29 is 14.8 Å². The highest BCUT2D eigenvalue weighted by molar-refractivity contribution is 6.29. The van der Waals surface area contributed by atoms with E-state index in [9.17, 15) is 14.9 Å². The first-order chi connectivity index (χ1) is 14.4. The number of nitro groups is 1. The van der Waals surface area contributed by atoms with Gasteiger partial charge in [-0.2, -0.15) is 0 Å². The van der Waals surface area contributed by atoms with E-state index in [0.29, 0.717) is 17.8 Å². The lowest BCUT2D eigenvalue weighted by atomic mass is 10.0. The zero-order valence-corrected chi connectivity index (χ0v) is 16.4. The van der Waals surface area contributed by atoms with Crippen molar-refractivity contribution >= 4 is 40.0 Å². The molecule has 2 N–H and O–H groups in total. The third-order valence-corrected chi connectivity index (χ3v) is 5.18. The molecule has 1 atom stereocenters. The van der Waals surface area contributed by atoms with Gasteiger partial charge in [0.15, 0.2) is 5.69 Å². The molecule has 154 valence electrons. The van der Waals surface area contributed by atoms with E-state index in [4.69, 9.17) is 16.7 Å². The minimum Gasteiger partial charge on any atom is -0.465 e. The molecule has 1 saturated heterocycles. The summed E-state index contributed by atoms with van der Waals surface area (Å²) in [5.41, 5.74) is 1.66. The molecule has 0 saturated carbocycles. The monoisotopic (exact) mass is 428 g/mol. The number of aromatic nitrogens is 3. The van der Waals surface area contributed by atoms with Crippen molar-refractivity contribution in [3.63, 3.8) is 0 Å². The molecule has 11 heteroatoms. The molecule has 1 amide bonds. The highest BCUT2D eigenvalue weighted by atomic mass is 35.5. The number of nitrogens with one attached hydrogen (secondary N) is 1. The van der Waals surface area contributed by atoms with Gasteiger partial charge in [0.25, 0.3) is 5.69 Å². The summed E-state index contributed by atoms with van der Waals surface area (Å²) in [6.07, 6.45) is 3.74. The maximum atomic E-state index is 11.4. The maximum absolute atomic E-state index is 11.4. The zero-order chi connectivity index (χ0) is 21.3. The number of carbonyl (C=O) groups is 1. The van der Waals surface area contributed by atoms with Crippen LogP contribution in [0.1, 0.15) is 12.8 Å². The molecule has 4 rings (SSSR count). The Bertz CT molecular complexity index is 1140. The smallest absolute Gasteiger partial charge is 0.404 e. The number of rotatable bonds is 4. The first-order valence-electron chi connectivity index (χ1n) is 9.23. The van der Waals surface area contributed by atoms with Crippen molar-refractivity contribution in [3.05, 3.63) is 51.9 Å². The van der Waals surface area contributed by atoms with Gasteiger partial charge >= 0.3 is 6.09 Å². The van der Waals surface area contributed by atoms with Gasteiger partial charge in [-0.25, -0.2) is 9.78 Å². The fourth-order valence-electron chi connectivity index (χ4n) is 3.69. The Kier molecular flexibility index (Phi) is 5.32. The third-order valence-electron chi connectivity index (χ3n) is 4.97. The van der Waals surface area contributed by atoms with Crippen LogP contribution in [0.15, 0.2) is 36.7 Å². The molecule has 1 aliphatic rings. The van der Waals surface area contributed by atoms with Crippen LogP contribution in [0.5, 0.6) is 0 Å². The number of nitrogens with zero attached hydrogens (tertiary/aromatic N) is 5. The number of piperidine rings is 1. The normalized spacial score (nSPS) is 16.4. The number of halogens is 1. The zero-order valence-electron chi connectivity index (χ0n) is 15.7. The Morgan fingerprint density at radius 1 is 1.33 bits per heavy atom. The molecule has 3 aromatic heterocycles. The summed E-state index contributed by atoms with van der Waals surface area (Å²) in [7, 11) is 0. The summed E-state index contributed by atoms with van der Waals surface area (Å²) in [5, 5.41) is 23.9. The van der Waals surface area contributed by atoms with Crippen LogP contribution in [0, 0.1) is 10.1 Å². The largest absolute Gasteiger partial charge is 0.465 e. The van der Waals surface area contributed by atoms with Gasteiger partial charge in [-0.05, 0) is 31.0 Å². The Labute approximate surface area is 175 Å². The summed E-state index contributed by atoms with van der Waals surface area (Å²) in [6, 6.07) is 6.03. The van der Waals surface area contributed by atoms with Gasteiger partial charge in [0, 0.05) is 42.5 Å². The fourth-order valence-corrected chi connectivity index (χ4v) is 3.84. The van der Waals surface area contributed by atoms with E-state index in [1.165, 1.54) is 18.3 Å². The molecular weight excluding hydrogens is 412 g/mol. The minimum absolute atomic E-state index is 0.0771. The summed E-state index contributed by atoms with van der Waals surface area (Å²) in [4.78, 5) is 36.8. The SMILES string of the molecule is O=C(O)N[C@H]1CCCN(c2ccnc3cnc(-c4nc(Cl)ccc4[N+](=O)[O-])cc23)C1. The van der Waals surface area contributed by atoms with Crippen LogP contribution < -0.4 is 10.2 Å². The van der Waals surface area contributed by atoms with Crippen LogP contribution in [0.25, 0.3) is 22.3 Å². The first-order valence-corrected chi connectivity index (χ1v) is 9.60. The number of carboxylic acid groups (broad SMARTS) is 1. The quantitative estimate of drug-likeness (QED) is 0.366. The van der Waals surface area contributed by atoms with Gasteiger partial charge in [-0.1, -0.05) is 11.6 Å². The Balaban J connectivity index is 1.78. The number of hydrogen-bond donors (Lipinski definition) is 2. The lowest BCUT2D eigenvalue weighted by Crippen LogP contribution is -2.47. The van der Waals surface area contributed by atoms with Gasteiger partial charge in [0.05, 0.1) is 22.3 Å². The predicted molar refractivity (Wildman–Crippen MR) is 111 cm³/mol. The van der Waals surface area contributed by atoms with Gasteiger partial charge in [0.1, 0.15) is 5.15 Å². The van der Waals surface area contributed by atoms with Crippen LogP contribution in [-0.2, 0) is 0 Å². The Morgan fingerprint density at radius 2 is 2.17 bits per heavy atom. The predicted octanol–water partition coefficient (Wildman–Crippen LogP) is 3.49. The highest BCUT2D eigenvalue weighted by Gasteiger charge is 2.24. The Hall–Kier alpha value is -3.53. The molecule has 0 aliphatic carbocycles. The third kappa shape index (κ3) is 3.94. The van der Waals surface area contributed by atoms with Gasteiger partial charge in [0.2, 0.25) is 0 Å². The second-order valence-electron chi connectivity index (χ2n) is 6.91. The van der Waals surface area contributed by atoms with Crippen molar-refractivity contribution in [3.8, 4) is 11.4 Å². The summed E-state index contributed by atoms with van der Waals surface area (Å²) < 4.78 is 0. The molecule has 0 radical (unpaired) electrons. The number of pyridine rings is 3. The molecule has 30 heavy (non-hydrogen) atoms. The molecule has 0 aromatic carbocycles. The molecule has 0 spiro atoms. The maximum Gasteiger partial charge on any atom is 0.404 e. The topological polar surface area (TPSA) is 134 Å². The van der Waals surface area contributed by atoms with Crippen molar-refractivity contribution in [1.82, 2.24) is 20.3 Å². The first kappa shape index (κ1) is 19.8. The van der Waals surface area contributed by atoms with E-state index < -0.39 is 11.0 Å². The molecule has 1 aliphatic heterocycles. The van der Waals surface area contributed by atoms with Crippen molar-refractivity contribution in [2.24, 2.45) is 0 Å². The molecule has 1 fully saturated rings. The summed E-state index contributed by atoms with van der Waals surface area (Å²) in [6.45, 7) is 1.27. The number of hydrogen-bond acceptors (Lipinski definition) is 7. The minimum atomic E-state index is -1.05. The summed E-state index contributed by atoms with van der Waals surface area (Å²) in [5.74, 6) is 0. The lowest BCUT2D eigenvalue weighted by molar-refractivity contribution is -0.384. The molecule has 0 unspecified atom stereocenters. The van der Waals surface area contributed by atoms with Crippen LogP contribution >= 0.6 is 11.6 Å². The van der Waals surface area contributed by atoms with Gasteiger partial charge < -0.3 is 15.3 Å². The van der Waals surface area contributed by atoms with E-state index >= 15 is 0 Å². The van der Waals surface area contributed by atoms with E-state index in [-0.39, 0.29) is 22.6 Å². The van der Waals surface area contributed by atoms with Crippen LogP contribution in [-0.4, -0.2) is 50.2 Å². The van der Waals surface area contributed by atoms with Crippen molar-refractivity contribution in [2.75, 3.05) is 18.0 Å². The number of amides is 1. The summed E-state index contributed by atoms with van der Waals surface area (Å²) >= 11 is 5.96. The van der Waals surface area contributed by atoms with E-state index in [0.717, 1.165) is 30.5 Å². The van der Waals surface area contributed by atoms with Crippen molar-refractivity contribution in [2.45, 2.75) is 18.9 Å². The average molecular weight is 429 g/mol. The molecule has 3 aromatic rings. The standard InChI is InChI=1S/C19H17ClN6O4/c20-17-4-3-16(26(29)30)18(24-17)13-8-12-14(9-22-13)21-6-5-15(12)25-7-1-2-11(10-25)23-19(27)28/h3-6,8-9,11,23H,1-2,7,10H2,(H,27,28)/t11-/m0/s1. The van der Waals surface area contributed by atoms with Crippen molar-refractivity contribution in [1.29, 1.82) is 0 Å². The average Bonchev–Trinajstić information content (AvgIpc) is 2.72. The molecule has 0 bridgehead atoms. The second kappa shape index (κ2) is 8.07. The molecular formula is C19H17ClN6O4.